The van der Waals surface area contributed by atoms with Crippen molar-refractivity contribution in [3.05, 3.63) is 77.9 Å². The normalized spacial score (nSPS) is 14.7. The van der Waals surface area contributed by atoms with Crippen molar-refractivity contribution in [2.45, 2.75) is 37.0 Å². The summed E-state index contributed by atoms with van der Waals surface area (Å²) >= 11 is 0. The summed E-state index contributed by atoms with van der Waals surface area (Å²) < 4.78 is 29.7. The molecule has 28 heavy (non-hydrogen) atoms. The minimum atomic E-state index is -3.22. The Bertz CT molecular complexity index is 1090. The Morgan fingerprint density at radius 2 is 1.75 bits per heavy atom. The van der Waals surface area contributed by atoms with Crippen LogP contribution in [0.5, 0.6) is 0 Å². The summed E-state index contributed by atoms with van der Waals surface area (Å²) in [5, 5.41) is 0. The molecule has 0 radical (unpaired) electrons. The molecule has 1 heterocycles. The molecule has 4 rings (SSSR count). The molecular weight excluding hydrogens is 370 g/mol. The van der Waals surface area contributed by atoms with E-state index in [2.05, 4.69) is 18.2 Å². The number of hydrogen-bond donors (Lipinski definition) is 0. The molecule has 1 aliphatic carbocycles. The van der Waals surface area contributed by atoms with E-state index in [0.717, 1.165) is 41.8 Å². The molecule has 0 N–H and O–H groups in total. The largest absolute Gasteiger partial charge is 0.440 e. The second-order valence-electron chi connectivity index (χ2n) is 7.22. The molecule has 1 aromatic heterocycles. The van der Waals surface area contributed by atoms with Gasteiger partial charge in [-0.2, -0.15) is 0 Å². The van der Waals surface area contributed by atoms with Gasteiger partial charge < -0.3 is 4.42 Å². The van der Waals surface area contributed by atoms with Crippen molar-refractivity contribution in [3.8, 4) is 11.3 Å². The minimum absolute atomic E-state index is 0.308. The SMILES string of the molecule is CS(=O)(=O)c1ccc(-c2nc(Cc3ccccc3)oc2C2=CCCCC2)cc1. The molecule has 0 saturated heterocycles. The lowest BCUT2D eigenvalue weighted by Crippen LogP contribution is -1.97. The molecule has 0 saturated carbocycles. The van der Waals surface area contributed by atoms with E-state index < -0.39 is 9.84 Å². The highest BCUT2D eigenvalue weighted by Crippen LogP contribution is 2.35. The van der Waals surface area contributed by atoms with Crippen molar-refractivity contribution in [2.75, 3.05) is 6.26 Å². The zero-order valence-corrected chi connectivity index (χ0v) is 16.7. The smallest absolute Gasteiger partial charge is 0.199 e. The standard InChI is InChI=1S/C23H23NO3S/c1-28(25,26)20-14-12-18(13-15-20)22-23(19-10-6-3-7-11-19)27-21(24-22)16-17-8-4-2-5-9-17/h2,4-5,8-10,12-15H,3,6-7,11,16H2,1H3. The average molecular weight is 394 g/mol. The van der Waals surface area contributed by atoms with Crippen LogP contribution in [0.1, 0.15) is 42.9 Å². The molecule has 5 heteroatoms. The number of benzene rings is 2. The third-order valence-corrected chi connectivity index (χ3v) is 6.14. The van der Waals surface area contributed by atoms with Crippen LogP contribution in [0, 0.1) is 0 Å². The van der Waals surface area contributed by atoms with Gasteiger partial charge in [0, 0.05) is 18.2 Å². The number of rotatable bonds is 5. The molecule has 1 aliphatic rings. The third-order valence-electron chi connectivity index (χ3n) is 5.01. The number of oxazole rings is 1. The summed E-state index contributed by atoms with van der Waals surface area (Å²) in [5.41, 5.74) is 4.00. The lowest BCUT2D eigenvalue weighted by Gasteiger charge is -2.11. The Balaban J connectivity index is 1.75. The topological polar surface area (TPSA) is 60.2 Å². The first-order valence-corrected chi connectivity index (χ1v) is 11.4. The molecule has 4 nitrogen and oxygen atoms in total. The van der Waals surface area contributed by atoms with Crippen LogP contribution < -0.4 is 0 Å². The Hall–Kier alpha value is -2.66. The number of sulfone groups is 1. The van der Waals surface area contributed by atoms with Crippen LogP contribution in [-0.4, -0.2) is 19.7 Å². The van der Waals surface area contributed by atoms with Gasteiger partial charge in [0.25, 0.3) is 0 Å². The maximum atomic E-state index is 11.8. The zero-order chi connectivity index (χ0) is 19.6. The van der Waals surface area contributed by atoms with Crippen molar-refractivity contribution < 1.29 is 12.8 Å². The quantitative estimate of drug-likeness (QED) is 0.591. The van der Waals surface area contributed by atoms with Crippen molar-refractivity contribution in [3.63, 3.8) is 0 Å². The van der Waals surface area contributed by atoms with Gasteiger partial charge >= 0.3 is 0 Å². The van der Waals surface area contributed by atoms with Gasteiger partial charge in [0.2, 0.25) is 0 Å². The van der Waals surface area contributed by atoms with Gasteiger partial charge in [-0.1, -0.05) is 48.5 Å². The second-order valence-corrected chi connectivity index (χ2v) is 9.24. The predicted octanol–water partition coefficient (Wildman–Crippen LogP) is 5.29. The first-order valence-electron chi connectivity index (χ1n) is 9.54. The van der Waals surface area contributed by atoms with Crippen LogP contribution in [0.15, 0.2) is 70.0 Å². The van der Waals surface area contributed by atoms with Crippen molar-refractivity contribution in [1.29, 1.82) is 0 Å². The fraction of sp³-hybridized carbons (Fsp3) is 0.261. The highest BCUT2D eigenvalue weighted by Gasteiger charge is 2.20. The Labute approximate surface area is 165 Å². The van der Waals surface area contributed by atoms with Crippen LogP contribution in [-0.2, 0) is 16.3 Å². The summed E-state index contributed by atoms with van der Waals surface area (Å²) in [4.78, 5) is 5.09. The molecule has 0 atom stereocenters. The summed E-state index contributed by atoms with van der Waals surface area (Å²) in [6.07, 6.45) is 8.46. The van der Waals surface area contributed by atoms with E-state index in [1.165, 1.54) is 18.2 Å². The Morgan fingerprint density at radius 1 is 1.00 bits per heavy atom. The minimum Gasteiger partial charge on any atom is -0.440 e. The number of hydrogen-bond acceptors (Lipinski definition) is 4. The molecule has 0 spiro atoms. The van der Waals surface area contributed by atoms with E-state index in [9.17, 15) is 8.42 Å². The molecule has 0 aliphatic heterocycles. The van der Waals surface area contributed by atoms with Crippen LogP contribution in [0.4, 0.5) is 0 Å². The van der Waals surface area contributed by atoms with E-state index in [-0.39, 0.29) is 0 Å². The van der Waals surface area contributed by atoms with Gasteiger partial charge in [-0.15, -0.1) is 0 Å². The van der Waals surface area contributed by atoms with E-state index in [0.29, 0.717) is 17.2 Å². The molecule has 0 amide bonds. The van der Waals surface area contributed by atoms with Crippen LogP contribution in [0.25, 0.3) is 16.8 Å². The van der Waals surface area contributed by atoms with E-state index in [1.54, 1.807) is 12.1 Å². The van der Waals surface area contributed by atoms with Crippen molar-refractivity contribution in [2.24, 2.45) is 0 Å². The molecule has 0 unspecified atom stereocenters. The fourth-order valence-electron chi connectivity index (χ4n) is 3.53. The third kappa shape index (κ3) is 4.09. The summed E-state index contributed by atoms with van der Waals surface area (Å²) in [6, 6.07) is 17.0. The Kier molecular flexibility index (Phi) is 5.18. The predicted molar refractivity (Wildman–Crippen MR) is 111 cm³/mol. The fourth-order valence-corrected chi connectivity index (χ4v) is 4.16. The lowest BCUT2D eigenvalue weighted by atomic mass is 9.95. The monoisotopic (exact) mass is 393 g/mol. The molecule has 144 valence electrons. The molecule has 2 aromatic carbocycles. The van der Waals surface area contributed by atoms with Gasteiger partial charge in [-0.3, -0.25) is 0 Å². The van der Waals surface area contributed by atoms with Gasteiger partial charge in [-0.05, 0) is 49.0 Å². The zero-order valence-electron chi connectivity index (χ0n) is 15.9. The highest BCUT2D eigenvalue weighted by molar-refractivity contribution is 7.90. The molecule has 3 aromatic rings. The van der Waals surface area contributed by atoms with Crippen LogP contribution in [0.2, 0.25) is 0 Å². The van der Waals surface area contributed by atoms with E-state index >= 15 is 0 Å². The second kappa shape index (κ2) is 7.76. The summed E-state index contributed by atoms with van der Waals surface area (Å²) in [6.45, 7) is 0. The first-order chi connectivity index (χ1) is 13.5. The number of allylic oxidation sites excluding steroid dienone is 2. The van der Waals surface area contributed by atoms with Gasteiger partial charge in [0.05, 0.1) is 4.90 Å². The van der Waals surface area contributed by atoms with Crippen molar-refractivity contribution >= 4 is 15.4 Å². The Morgan fingerprint density at radius 3 is 2.39 bits per heavy atom. The molecular formula is C23H23NO3S. The van der Waals surface area contributed by atoms with Crippen LogP contribution in [0.3, 0.4) is 0 Å². The summed E-state index contributed by atoms with van der Waals surface area (Å²) in [5.74, 6) is 1.49. The van der Waals surface area contributed by atoms with Gasteiger partial charge in [0.15, 0.2) is 21.5 Å². The van der Waals surface area contributed by atoms with E-state index in [4.69, 9.17) is 9.40 Å². The van der Waals surface area contributed by atoms with E-state index in [1.807, 2.05) is 30.3 Å². The lowest BCUT2D eigenvalue weighted by molar-refractivity contribution is 0.492. The average Bonchev–Trinajstić information content (AvgIpc) is 3.13. The molecule has 0 fully saturated rings. The maximum Gasteiger partial charge on any atom is 0.199 e. The van der Waals surface area contributed by atoms with Gasteiger partial charge in [0.1, 0.15) is 5.69 Å². The maximum absolute atomic E-state index is 11.8. The van der Waals surface area contributed by atoms with Gasteiger partial charge in [-0.25, -0.2) is 13.4 Å². The molecule has 0 bridgehead atoms. The van der Waals surface area contributed by atoms with Crippen molar-refractivity contribution in [1.82, 2.24) is 4.98 Å². The highest BCUT2D eigenvalue weighted by atomic mass is 32.2. The number of nitrogens with zero attached hydrogens (tertiary/aromatic N) is 1. The summed E-state index contributed by atoms with van der Waals surface area (Å²) in [7, 11) is -3.22. The first kappa shape index (κ1) is 18.7. The number of aromatic nitrogens is 1. The van der Waals surface area contributed by atoms with Crippen LogP contribution >= 0.6 is 0 Å².